The maximum atomic E-state index is 11.4. The van der Waals surface area contributed by atoms with Gasteiger partial charge in [0.05, 0.1) is 12.7 Å². The molecule has 0 bridgehead atoms. The number of hydrogen-bond acceptors (Lipinski definition) is 4. The van der Waals surface area contributed by atoms with Crippen molar-refractivity contribution in [3.8, 4) is 5.75 Å². The van der Waals surface area contributed by atoms with Gasteiger partial charge in [-0.2, -0.15) is 0 Å². The molecule has 106 valence electrons. The quantitative estimate of drug-likeness (QED) is 0.784. The summed E-state index contributed by atoms with van der Waals surface area (Å²) in [5, 5.41) is 8.21. The molecule has 0 aliphatic rings. The second kappa shape index (κ2) is 5.24. The first kappa shape index (κ1) is 13.1. The van der Waals surface area contributed by atoms with E-state index in [0.29, 0.717) is 17.6 Å². The second-order valence-corrected chi connectivity index (χ2v) is 4.62. The fourth-order valence-corrected chi connectivity index (χ4v) is 2.20. The Morgan fingerprint density at radius 3 is 2.67 bits per heavy atom. The zero-order valence-corrected chi connectivity index (χ0v) is 11.5. The molecule has 0 saturated heterocycles. The van der Waals surface area contributed by atoms with Crippen LogP contribution in [0.3, 0.4) is 0 Å². The average molecular weight is 282 g/mol. The van der Waals surface area contributed by atoms with Crippen LogP contribution in [0.5, 0.6) is 5.75 Å². The Hall–Kier alpha value is -2.89. The highest BCUT2D eigenvalue weighted by Crippen LogP contribution is 2.16. The van der Waals surface area contributed by atoms with Gasteiger partial charge in [-0.05, 0) is 29.8 Å². The van der Waals surface area contributed by atoms with Crippen molar-refractivity contribution < 1.29 is 9.53 Å². The Balaban J connectivity index is 1.97. The van der Waals surface area contributed by atoms with Gasteiger partial charge in [-0.1, -0.05) is 12.1 Å². The summed E-state index contributed by atoms with van der Waals surface area (Å²) in [4.78, 5) is 11.4. The smallest absolute Gasteiger partial charge is 0.252 e. The third-order valence-corrected chi connectivity index (χ3v) is 3.29. The molecule has 21 heavy (non-hydrogen) atoms. The van der Waals surface area contributed by atoms with Crippen molar-refractivity contribution in [2.75, 3.05) is 7.11 Å². The molecule has 2 aromatic heterocycles. The van der Waals surface area contributed by atoms with Crippen LogP contribution in [-0.4, -0.2) is 27.6 Å². The number of rotatable bonds is 4. The number of nitrogens with zero attached hydrogens (tertiary/aromatic N) is 3. The van der Waals surface area contributed by atoms with Crippen molar-refractivity contribution >= 4 is 11.6 Å². The minimum Gasteiger partial charge on any atom is -0.497 e. The largest absolute Gasteiger partial charge is 0.497 e. The van der Waals surface area contributed by atoms with E-state index in [9.17, 15) is 4.79 Å². The van der Waals surface area contributed by atoms with E-state index in [0.717, 1.165) is 17.1 Å². The number of carbonyl (C=O) groups excluding carboxylic acids is 1. The lowest BCUT2D eigenvalue weighted by molar-refractivity contribution is 0.100. The number of benzene rings is 1. The van der Waals surface area contributed by atoms with E-state index in [1.54, 1.807) is 23.6 Å². The van der Waals surface area contributed by atoms with Crippen LogP contribution < -0.4 is 10.5 Å². The first-order chi connectivity index (χ1) is 10.2. The molecule has 0 aliphatic carbocycles. The van der Waals surface area contributed by atoms with Crippen LogP contribution in [0.2, 0.25) is 0 Å². The van der Waals surface area contributed by atoms with Crippen LogP contribution in [0.15, 0.2) is 42.6 Å². The van der Waals surface area contributed by atoms with Crippen molar-refractivity contribution in [1.82, 2.24) is 14.6 Å². The molecule has 0 aliphatic heterocycles. The van der Waals surface area contributed by atoms with Crippen LogP contribution in [0.25, 0.3) is 5.65 Å². The number of nitrogens with two attached hydrogens (primary N) is 1. The van der Waals surface area contributed by atoms with E-state index in [4.69, 9.17) is 10.5 Å². The zero-order valence-electron chi connectivity index (χ0n) is 11.5. The van der Waals surface area contributed by atoms with Gasteiger partial charge in [0.25, 0.3) is 5.91 Å². The zero-order chi connectivity index (χ0) is 14.8. The van der Waals surface area contributed by atoms with Crippen molar-refractivity contribution in [2.24, 2.45) is 5.73 Å². The summed E-state index contributed by atoms with van der Waals surface area (Å²) < 4.78 is 6.91. The molecule has 0 atom stereocenters. The van der Waals surface area contributed by atoms with E-state index < -0.39 is 5.91 Å². The highest BCUT2D eigenvalue weighted by molar-refractivity contribution is 5.98. The summed E-state index contributed by atoms with van der Waals surface area (Å²) in [6, 6.07) is 11.1. The van der Waals surface area contributed by atoms with Gasteiger partial charge in [0.2, 0.25) is 0 Å². The Labute approximate surface area is 121 Å². The SMILES string of the molecule is COc1ccc(Cc2nnc3c(C(N)=O)cccn23)cc1. The van der Waals surface area contributed by atoms with Gasteiger partial charge in [0.15, 0.2) is 5.65 Å². The Morgan fingerprint density at radius 1 is 1.24 bits per heavy atom. The summed E-state index contributed by atoms with van der Waals surface area (Å²) in [5.74, 6) is 1.04. The Bertz CT molecular complexity index is 793. The minimum atomic E-state index is -0.510. The fourth-order valence-electron chi connectivity index (χ4n) is 2.20. The molecule has 0 spiro atoms. The van der Waals surface area contributed by atoms with Gasteiger partial charge in [-0.3, -0.25) is 9.20 Å². The first-order valence-corrected chi connectivity index (χ1v) is 6.44. The maximum Gasteiger partial charge on any atom is 0.252 e. The van der Waals surface area contributed by atoms with Gasteiger partial charge < -0.3 is 10.5 Å². The Kier molecular flexibility index (Phi) is 3.27. The molecule has 0 fully saturated rings. The molecule has 0 saturated carbocycles. The topological polar surface area (TPSA) is 82.5 Å². The van der Waals surface area contributed by atoms with Gasteiger partial charge in [-0.15, -0.1) is 10.2 Å². The number of methoxy groups -OCH3 is 1. The van der Waals surface area contributed by atoms with Crippen LogP contribution in [-0.2, 0) is 6.42 Å². The first-order valence-electron chi connectivity index (χ1n) is 6.44. The Morgan fingerprint density at radius 2 is 2.00 bits per heavy atom. The van der Waals surface area contributed by atoms with Crippen molar-refractivity contribution in [2.45, 2.75) is 6.42 Å². The van der Waals surface area contributed by atoms with E-state index in [2.05, 4.69) is 10.2 Å². The highest BCUT2D eigenvalue weighted by Gasteiger charge is 2.12. The molecule has 1 aromatic carbocycles. The summed E-state index contributed by atoms with van der Waals surface area (Å²) in [7, 11) is 1.63. The number of fused-ring (bicyclic) bond motifs is 1. The normalized spacial score (nSPS) is 10.7. The predicted molar refractivity (Wildman–Crippen MR) is 77.3 cm³/mol. The molecule has 2 heterocycles. The van der Waals surface area contributed by atoms with Crippen molar-refractivity contribution in [3.05, 3.63) is 59.5 Å². The van der Waals surface area contributed by atoms with E-state index >= 15 is 0 Å². The number of pyridine rings is 1. The molecular weight excluding hydrogens is 268 g/mol. The average Bonchev–Trinajstić information content (AvgIpc) is 2.91. The molecule has 1 amide bonds. The lowest BCUT2D eigenvalue weighted by Gasteiger charge is -2.03. The fraction of sp³-hybridized carbons (Fsp3) is 0.133. The minimum absolute atomic E-state index is 0.367. The third kappa shape index (κ3) is 2.43. The van der Waals surface area contributed by atoms with Gasteiger partial charge in [0, 0.05) is 12.6 Å². The molecule has 6 heteroatoms. The number of hydrogen-bond donors (Lipinski definition) is 1. The summed E-state index contributed by atoms with van der Waals surface area (Å²) in [5.41, 5.74) is 7.26. The van der Waals surface area contributed by atoms with Crippen LogP contribution >= 0.6 is 0 Å². The number of amides is 1. The summed E-state index contributed by atoms with van der Waals surface area (Å²) in [6.07, 6.45) is 2.42. The van der Waals surface area contributed by atoms with E-state index in [1.165, 1.54) is 0 Å². The molecule has 2 N–H and O–H groups in total. The molecule has 0 unspecified atom stereocenters. The number of aromatic nitrogens is 3. The third-order valence-electron chi connectivity index (χ3n) is 3.29. The summed E-state index contributed by atoms with van der Waals surface area (Å²) in [6.45, 7) is 0. The number of ether oxygens (including phenoxy) is 1. The van der Waals surface area contributed by atoms with Gasteiger partial charge in [0.1, 0.15) is 11.6 Å². The van der Waals surface area contributed by atoms with Gasteiger partial charge >= 0.3 is 0 Å². The molecule has 0 radical (unpaired) electrons. The highest BCUT2D eigenvalue weighted by atomic mass is 16.5. The standard InChI is InChI=1S/C15H14N4O2/c1-21-11-6-4-10(5-7-11)9-13-17-18-15-12(14(16)20)3-2-8-19(13)15/h2-8H,9H2,1H3,(H2,16,20). The lowest BCUT2D eigenvalue weighted by atomic mass is 10.1. The van der Waals surface area contributed by atoms with Crippen molar-refractivity contribution in [3.63, 3.8) is 0 Å². The predicted octanol–water partition coefficient (Wildman–Crippen LogP) is 1.43. The molecular formula is C15H14N4O2. The monoisotopic (exact) mass is 282 g/mol. The number of carbonyl (C=O) groups is 1. The van der Waals surface area contributed by atoms with Gasteiger partial charge in [-0.25, -0.2) is 0 Å². The number of primary amides is 1. The lowest BCUT2D eigenvalue weighted by Crippen LogP contribution is -2.12. The van der Waals surface area contributed by atoms with E-state index in [1.807, 2.05) is 30.5 Å². The van der Waals surface area contributed by atoms with E-state index in [-0.39, 0.29) is 0 Å². The van der Waals surface area contributed by atoms with Crippen LogP contribution in [0, 0.1) is 0 Å². The molecule has 3 aromatic rings. The van der Waals surface area contributed by atoms with Crippen LogP contribution in [0.1, 0.15) is 21.7 Å². The summed E-state index contributed by atoms with van der Waals surface area (Å²) >= 11 is 0. The van der Waals surface area contributed by atoms with Crippen molar-refractivity contribution in [1.29, 1.82) is 0 Å². The second-order valence-electron chi connectivity index (χ2n) is 4.62. The maximum absolute atomic E-state index is 11.4. The molecule has 3 rings (SSSR count). The van der Waals surface area contributed by atoms with Crippen LogP contribution in [0.4, 0.5) is 0 Å². The molecule has 6 nitrogen and oxygen atoms in total.